The van der Waals surface area contributed by atoms with Crippen molar-refractivity contribution in [1.29, 1.82) is 0 Å². The minimum Gasteiger partial charge on any atom is -0.384 e. The van der Waals surface area contributed by atoms with Crippen molar-refractivity contribution in [3.05, 3.63) is 70.3 Å². The average molecular weight is 281 g/mol. The van der Waals surface area contributed by atoms with E-state index in [0.29, 0.717) is 12.1 Å². The van der Waals surface area contributed by atoms with Gasteiger partial charge < -0.3 is 10.4 Å². The van der Waals surface area contributed by atoms with Crippen molar-refractivity contribution in [3.8, 4) is 0 Å². The number of aryl methyl sites for hydroxylation is 2. The summed E-state index contributed by atoms with van der Waals surface area (Å²) >= 11 is 0. The number of carbonyl (C=O) groups excluding carboxylic acids is 1. The maximum absolute atomic E-state index is 12.1. The molecule has 3 rings (SSSR count). The second-order valence-electron chi connectivity index (χ2n) is 5.59. The number of benzene rings is 2. The Balaban J connectivity index is 1.96. The number of hydrogen-bond donors (Lipinski definition) is 2. The van der Waals surface area contributed by atoms with Crippen LogP contribution in [0.4, 0.5) is 0 Å². The highest BCUT2D eigenvalue weighted by atomic mass is 16.3. The zero-order valence-corrected chi connectivity index (χ0v) is 12.1. The Morgan fingerprint density at radius 2 is 1.81 bits per heavy atom. The van der Waals surface area contributed by atoms with E-state index < -0.39 is 6.10 Å². The van der Waals surface area contributed by atoms with Crippen LogP contribution in [0.15, 0.2) is 42.5 Å². The number of fused-ring (bicyclic) bond motifs is 1. The number of aliphatic hydroxyl groups excluding tert-OH is 1. The first-order valence-corrected chi connectivity index (χ1v) is 7.31. The Kier molecular flexibility index (Phi) is 3.76. The maximum atomic E-state index is 12.1. The zero-order valence-electron chi connectivity index (χ0n) is 12.1. The van der Waals surface area contributed by atoms with Crippen molar-refractivity contribution < 1.29 is 9.90 Å². The first kappa shape index (κ1) is 13.8. The summed E-state index contributed by atoms with van der Waals surface area (Å²) in [5, 5.41) is 13.4. The number of amides is 1. The fraction of sp³-hybridized carbons (Fsp3) is 0.278. The first-order chi connectivity index (χ1) is 10.1. The fourth-order valence-electron chi connectivity index (χ4n) is 2.71. The minimum atomic E-state index is -0.702. The molecule has 0 spiro atoms. The third-order valence-electron chi connectivity index (χ3n) is 4.00. The maximum Gasteiger partial charge on any atom is 0.251 e. The molecule has 1 unspecified atom stereocenters. The molecule has 0 aromatic heterocycles. The molecule has 0 bridgehead atoms. The molecule has 3 nitrogen and oxygen atoms in total. The molecule has 108 valence electrons. The Labute approximate surface area is 124 Å². The second kappa shape index (κ2) is 5.70. The molecule has 1 heterocycles. The van der Waals surface area contributed by atoms with Crippen LogP contribution in [0.1, 0.15) is 45.1 Å². The topological polar surface area (TPSA) is 49.3 Å². The van der Waals surface area contributed by atoms with Crippen LogP contribution < -0.4 is 5.32 Å². The molecule has 2 aromatic rings. The molecular weight excluding hydrogens is 262 g/mol. The molecule has 1 atom stereocenters. The highest BCUT2D eigenvalue weighted by Gasteiger charge is 2.18. The van der Waals surface area contributed by atoms with Gasteiger partial charge in [0, 0.05) is 12.1 Å². The summed E-state index contributed by atoms with van der Waals surface area (Å²) in [6.07, 6.45) is 1.15. The van der Waals surface area contributed by atoms with Crippen LogP contribution in [0.5, 0.6) is 0 Å². The van der Waals surface area contributed by atoms with Crippen molar-refractivity contribution >= 4 is 5.91 Å². The molecule has 0 radical (unpaired) electrons. The highest BCUT2D eigenvalue weighted by Crippen LogP contribution is 2.25. The first-order valence-electron chi connectivity index (χ1n) is 7.31. The molecular formula is C18H19NO2. The lowest BCUT2D eigenvalue weighted by Gasteiger charge is -2.14. The molecule has 2 N–H and O–H groups in total. The van der Waals surface area contributed by atoms with Gasteiger partial charge in [0.15, 0.2) is 0 Å². The van der Waals surface area contributed by atoms with Gasteiger partial charge >= 0.3 is 0 Å². The van der Waals surface area contributed by atoms with Crippen LogP contribution in [0.3, 0.4) is 0 Å². The third kappa shape index (κ3) is 2.83. The van der Waals surface area contributed by atoms with Gasteiger partial charge in [0.25, 0.3) is 5.91 Å². The lowest BCUT2D eigenvalue weighted by Crippen LogP contribution is -2.22. The lowest BCUT2D eigenvalue weighted by atomic mass is 9.95. The number of hydrogen-bond acceptors (Lipinski definition) is 2. The smallest absolute Gasteiger partial charge is 0.251 e. The summed E-state index contributed by atoms with van der Waals surface area (Å²) in [7, 11) is 0. The molecule has 0 saturated heterocycles. The number of rotatable bonds is 2. The summed E-state index contributed by atoms with van der Waals surface area (Å²) in [4.78, 5) is 12.1. The van der Waals surface area contributed by atoms with Gasteiger partial charge in [-0.3, -0.25) is 4.79 Å². The van der Waals surface area contributed by atoms with E-state index in [1.807, 2.05) is 49.4 Å². The van der Waals surface area contributed by atoms with Gasteiger partial charge in [0.2, 0.25) is 0 Å². The Bertz CT molecular complexity index is 661. The molecule has 1 amide bonds. The van der Waals surface area contributed by atoms with Crippen LogP contribution in [0.2, 0.25) is 0 Å². The summed E-state index contributed by atoms with van der Waals surface area (Å²) in [6.45, 7) is 2.73. The van der Waals surface area contributed by atoms with Gasteiger partial charge in [0.05, 0.1) is 0 Å². The Morgan fingerprint density at radius 1 is 1.10 bits per heavy atom. The Hall–Kier alpha value is -2.13. The summed E-state index contributed by atoms with van der Waals surface area (Å²) in [5.41, 5.74) is 4.51. The summed E-state index contributed by atoms with van der Waals surface area (Å²) in [6, 6.07) is 13.5. The van der Waals surface area contributed by atoms with Crippen molar-refractivity contribution in [1.82, 2.24) is 5.32 Å². The molecule has 21 heavy (non-hydrogen) atoms. The van der Waals surface area contributed by atoms with E-state index in [1.165, 1.54) is 0 Å². The average Bonchev–Trinajstić information content (AvgIpc) is 2.69. The van der Waals surface area contributed by atoms with E-state index in [-0.39, 0.29) is 5.91 Å². The highest BCUT2D eigenvalue weighted by molar-refractivity contribution is 5.96. The van der Waals surface area contributed by atoms with Crippen molar-refractivity contribution in [2.24, 2.45) is 0 Å². The second-order valence-corrected chi connectivity index (χ2v) is 5.59. The predicted octanol–water partition coefficient (Wildman–Crippen LogP) is 2.75. The standard InChI is InChI=1S/C18H19NO2/c1-12-4-6-14(7-5-12)17(20)15-9-8-13-3-2-10-19-18(21)16(13)11-15/h4-9,11,17,20H,2-3,10H2,1H3,(H,19,21). The van der Waals surface area contributed by atoms with Crippen molar-refractivity contribution in [2.75, 3.05) is 6.54 Å². The van der Waals surface area contributed by atoms with E-state index in [9.17, 15) is 9.90 Å². The van der Waals surface area contributed by atoms with Gasteiger partial charge in [0.1, 0.15) is 6.10 Å². The fourth-order valence-corrected chi connectivity index (χ4v) is 2.71. The molecule has 1 aliphatic rings. The quantitative estimate of drug-likeness (QED) is 0.889. The molecule has 1 aliphatic heterocycles. The third-order valence-corrected chi connectivity index (χ3v) is 4.00. The van der Waals surface area contributed by atoms with E-state index >= 15 is 0 Å². The summed E-state index contributed by atoms with van der Waals surface area (Å²) in [5.74, 6) is -0.0412. The largest absolute Gasteiger partial charge is 0.384 e. The predicted molar refractivity (Wildman–Crippen MR) is 82.3 cm³/mol. The molecule has 2 aromatic carbocycles. The minimum absolute atomic E-state index is 0.0412. The normalized spacial score (nSPS) is 15.8. The van der Waals surface area contributed by atoms with Crippen LogP contribution in [-0.2, 0) is 6.42 Å². The van der Waals surface area contributed by atoms with E-state index in [0.717, 1.165) is 35.1 Å². The van der Waals surface area contributed by atoms with Crippen molar-refractivity contribution in [3.63, 3.8) is 0 Å². The monoisotopic (exact) mass is 281 g/mol. The number of carbonyl (C=O) groups is 1. The molecule has 0 saturated carbocycles. The van der Waals surface area contributed by atoms with Crippen LogP contribution in [0, 0.1) is 6.92 Å². The van der Waals surface area contributed by atoms with Gasteiger partial charge in [-0.05, 0) is 42.5 Å². The molecule has 0 aliphatic carbocycles. The van der Waals surface area contributed by atoms with E-state index in [2.05, 4.69) is 5.32 Å². The van der Waals surface area contributed by atoms with E-state index in [1.54, 1.807) is 0 Å². The van der Waals surface area contributed by atoms with Gasteiger partial charge in [-0.2, -0.15) is 0 Å². The van der Waals surface area contributed by atoms with Crippen LogP contribution >= 0.6 is 0 Å². The number of nitrogens with one attached hydrogen (secondary N) is 1. The van der Waals surface area contributed by atoms with Gasteiger partial charge in [-0.1, -0.05) is 42.0 Å². The zero-order chi connectivity index (χ0) is 14.8. The van der Waals surface area contributed by atoms with Gasteiger partial charge in [-0.25, -0.2) is 0 Å². The number of aliphatic hydroxyl groups is 1. The van der Waals surface area contributed by atoms with Crippen LogP contribution in [-0.4, -0.2) is 17.6 Å². The van der Waals surface area contributed by atoms with Gasteiger partial charge in [-0.15, -0.1) is 0 Å². The van der Waals surface area contributed by atoms with Crippen LogP contribution in [0.25, 0.3) is 0 Å². The molecule has 3 heteroatoms. The SMILES string of the molecule is Cc1ccc(C(O)c2ccc3c(c2)C(=O)NCCC3)cc1. The Morgan fingerprint density at radius 3 is 2.57 bits per heavy atom. The summed E-state index contributed by atoms with van der Waals surface area (Å²) < 4.78 is 0. The van der Waals surface area contributed by atoms with Crippen molar-refractivity contribution in [2.45, 2.75) is 25.9 Å². The molecule has 0 fully saturated rings. The lowest BCUT2D eigenvalue weighted by molar-refractivity contribution is 0.0956. The van der Waals surface area contributed by atoms with E-state index in [4.69, 9.17) is 0 Å².